The van der Waals surface area contributed by atoms with Gasteiger partial charge in [0.15, 0.2) is 0 Å². The van der Waals surface area contributed by atoms with Crippen LogP contribution in [-0.2, 0) is 17.9 Å². The lowest BCUT2D eigenvalue weighted by atomic mass is 10.2. The van der Waals surface area contributed by atoms with E-state index in [2.05, 4.69) is 0 Å². The van der Waals surface area contributed by atoms with Gasteiger partial charge in [-0.1, -0.05) is 59.6 Å². The Kier molecular flexibility index (Phi) is 7.37. The number of benzene rings is 2. The topological polar surface area (TPSA) is 49.8 Å². The number of aliphatic hydroxyl groups excluding tert-OH is 1. The Morgan fingerprint density at radius 2 is 1.79 bits per heavy atom. The molecule has 0 fully saturated rings. The molecule has 0 aliphatic heterocycles. The third kappa shape index (κ3) is 5.71. The molecule has 0 saturated heterocycles. The Morgan fingerprint density at radius 3 is 2.46 bits per heavy atom. The quantitative estimate of drug-likeness (QED) is 0.782. The summed E-state index contributed by atoms with van der Waals surface area (Å²) in [5.74, 6) is 0. The van der Waals surface area contributed by atoms with Crippen LogP contribution < -0.4 is 0 Å². The summed E-state index contributed by atoms with van der Waals surface area (Å²) >= 11 is 11.9. The fraction of sp³-hybridized carbons (Fsp3) is 0.278. The Bertz CT molecular complexity index is 665. The van der Waals surface area contributed by atoms with Crippen molar-refractivity contribution in [2.24, 2.45) is 0 Å². The summed E-state index contributed by atoms with van der Waals surface area (Å²) in [5.41, 5.74) is 1.77. The molecule has 0 radical (unpaired) electrons. The Balaban J connectivity index is 2.00. The van der Waals surface area contributed by atoms with Gasteiger partial charge in [-0.15, -0.1) is 0 Å². The molecule has 6 heteroatoms. The Morgan fingerprint density at radius 1 is 1.04 bits per heavy atom. The lowest BCUT2D eigenvalue weighted by Crippen LogP contribution is -2.32. The first-order valence-electron chi connectivity index (χ1n) is 7.60. The van der Waals surface area contributed by atoms with Gasteiger partial charge in [-0.2, -0.15) is 0 Å². The van der Waals surface area contributed by atoms with Crippen molar-refractivity contribution in [3.8, 4) is 0 Å². The standard InChI is InChI=1S/C18H19Cl2NO3/c19-16-8-7-15(11-17(16)20)12-21(9-4-10-22)18(23)24-13-14-5-2-1-3-6-14/h1-3,5-8,11,22H,4,9-10,12-13H2. The molecule has 0 unspecified atom stereocenters. The predicted octanol–water partition coefficient (Wildman–Crippen LogP) is 4.51. The van der Waals surface area contributed by atoms with E-state index in [0.717, 1.165) is 11.1 Å². The number of amides is 1. The van der Waals surface area contributed by atoms with E-state index in [1.165, 1.54) is 0 Å². The van der Waals surface area contributed by atoms with Crippen molar-refractivity contribution >= 4 is 29.3 Å². The molecule has 0 saturated carbocycles. The van der Waals surface area contributed by atoms with Crippen molar-refractivity contribution in [1.82, 2.24) is 4.90 Å². The maximum Gasteiger partial charge on any atom is 0.410 e. The molecule has 0 atom stereocenters. The zero-order chi connectivity index (χ0) is 17.4. The number of hydrogen-bond acceptors (Lipinski definition) is 3. The zero-order valence-corrected chi connectivity index (χ0v) is 14.6. The van der Waals surface area contributed by atoms with Gasteiger partial charge >= 0.3 is 6.09 Å². The number of aliphatic hydroxyl groups is 1. The fourth-order valence-corrected chi connectivity index (χ4v) is 2.49. The van der Waals surface area contributed by atoms with Crippen molar-refractivity contribution in [3.63, 3.8) is 0 Å². The van der Waals surface area contributed by atoms with Crippen LogP contribution >= 0.6 is 23.2 Å². The normalized spacial score (nSPS) is 10.5. The van der Waals surface area contributed by atoms with Crippen molar-refractivity contribution in [2.45, 2.75) is 19.6 Å². The number of hydrogen-bond donors (Lipinski definition) is 1. The molecule has 1 N–H and O–H groups in total. The van der Waals surface area contributed by atoms with Crippen LogP contribution in [-0.4, -0.2) is 29.3 Å². The minimum absolute atomic E-state index is 0.00381. The summed E-state index contributed by atoms with van der Waals surface area (Å²) < 4.78 is 5.36. The second-order valence-electron chi connectivity index (χ2n) is 5.29. The number of carbonyl (C=O) groups is 1. The van der Waals surface area contributed by atoms with Gasteiger partial charge in [-0.3, -0.25) is 0 Å². The predicted molar refractivity (Wildman–Crippen MR) is 95.2 cm³/mol. The van der Waals surface area contributed by atoms with Crippen LogP contribution in [0.15, 0.2) is 48.5 Å². The highest BCUT2D eigenvalue weighted by atomic mass is 35.5. The second-order valence-corrected chi connectivity index (χ2v) is 6.10. The molecule has 24 heavy (non-hydrogen) atoms. The van der Waals surface area contributed by atoms with Crippen molar-refractivity contribution < 1.29 is 14.6 Å². The highest BCUT2D eigenvalue weighted by molar-refractivity contribution is 6.42. The molecule has 128 valence electrons. The molecular weight excluding hydrogens is 349 g/mol. The average Bonchev–Trinajstić information content (AvgIpc) is 2.60. The molecule has 0 aliphatic carbocycles. The minimum Gasteiger partial charge on any atom is -0.445 e. The van der Waals surface area contributed by atoms with E-state index >= 15 is 0 Å². The number of carbonyl (C=O) groups excluding carboxylic acids is 1. The summed E-state index contributed by atoms with van der Waals surface area (Å²) in [6.45, 7) is 0.940. The van der Waals surface area contributed by atoms with Crippen molar-refractivity contribution in [3.05, 3.63) is 69.7 Å². The van der Waals surface area contributed by atoms with Crippen LogP contribution in [0.2, 0.25) is 10.0 Å². The molecule has 0 aromatic heterocycles. The molecule has 2 rings (SSSR count). The van der Waals surface area contributed by atoms with Gasteiger partial charge < -0.3 is 14.7 Å². The van der Waals surface area contributed by atoms with E-state index in [1.807, 2.05) is 36.4 Å². The minimum atomic E-state index is -0.432. The summed E-state index contributed by atoms with van der Waals surface area (Å²) in [6.07, 6.45) is 0.0419. The molecule has 4 nitrogen and oxygen atoms in total. The fourth-order valence-electron chi connectivity index (χ4n) is 2.17. The van der Waals surface area contributed by atoms with E-state index in [4.69, 9.17) is 33.0 Å². The SMILES string of the molecule is O=C(OCc1ccccc1)N(CCCO)Cc1ccc(Cl)c(Cl)c1. The molecule has 2 aromatic carbocycles. The number of halogens is 2. The lowest BCUT2D eigenvalue weighted by Gasteiger charge is -2.22. The molecule has 0 aliphatic rings. The van der Waals surface area contributed by atoms with Crippen molar-refractivity contribution in [2.75, 3.05) is 13.2 Å². The Hall–Kier alpha value is -1.75. The van der Waals surface area contributed by atoms with Gasteiger partial charge in [-0.25, -0.2) is 4.79 Å². The molecule has 2 aromatic rings. The van der Waals surface area contributed by atoms with Gasteiger partial charge in [0.2, 0.25) is 0 Å². The highest BCUT2D eigenvalue weighted by Gasteiger charge is 2.16. The van der Waals surface area contributed by atoms with Crippen molar-refractivity contribution in [1.29, 1.82) is 0 Å². The van der Waals surface area contributed by atoms with E-state index in [9.17, 15) is 4.79 Å². The average molecular weight is 368 g/mol. The highest BCUT2D eigenvalue weighted by Crippen LogP contribution is 2.23. The third-order valence-corrected chi connectivity index (χ3v) is 4.15. The van der Waals surface area contributed by atoms with Gasteiger partial charge in [-0.05, 0) is 29.7 Å². The lowest BCUT2D eigenvalue weighted by molar-refractivity contribution is 0.0910. The maximum atomic E-state index is 12.3. The van der Waals surface area contributed by atoms with Crippen LogP contribution in [0.25, 0.3) is 0 Å². The summed E-state index contributed by atoms with van der Waals surface area (Å²) in [5, 5.41) is 9.94. The zero-order valence-electron chi connectivity index (χ0n) is 13.1. The molecular formula is C18H19Cl2NO3. The first kappa shape index (κ1) is 18.6. The maximum absolute atomic E-state index is 12.3. The largest absolute Gasteiger partial charge is 0.445 e. The second kappa shape index (κ2) is 9.52. The third-order valence-electron chi connectivity index (χ3n) is 3.41. The summed E-state index contributed by atoms with van der Waals surface area (Å²) in [6, 6.07) is 14.7. The van der Waals surface area contributed by atoms with Crippen LogP contribution in [0.3, 0.4) is 0 Å². The number of ether oxygens (including phenoxy) is 1. The van der Waals surface area contributed by atoms with Crippen LogP contribution in [0.5, 0.6) is 0 Å². The van der Waals surface area contributed by atoms with Gasteiger partial charge in [0, 0.05) is 19.7 Å². The van der Waals surface area contributed by atoms with E-state index < -0.39 is 6.09 Å². The number of nitrogens with zero attached hydrogens (tertiary/aromatic N) is 1. The van der Waals surface area contributed by atoms with E-state index in [1.54, 1.807) is 17.0 Å². The Labute approximate surface area is 151 Å². The van der Waals surface area contributed by atoms with Crippen LogP contribution in [0, 0.1) is 0 Å². The van der Waals surface area contributed by atoms with E-state index in [-0.39, 0.29) is 13.2 Å². The van der Waals surface area contributed by atoms with Gasteiger partial charge in [0.25, 0.3) is 0 Å². The molecule has 0 spiro atoms. The summed E-state index contributed by atoms with van der Waals surface area (Å²) in [4.78, 5) is 13.9. The molecule has 0 bridgehead atoms. The van der Waals surface area contributed by atoms with Crippen LogP contribution in [0.1, 0.15) is 17.5 Å². The van der Waals surface area contributed by atoms with Gasteiger partial charge in [0.1, 0.15) is 6.61 Å². The number of rotatable bonds is 7. The summed E-state index contributed by atoms with van der Waals surface area (Å²) in [7, 11) is 0. The first-order chi connectivity index (χ1) is 11.6. The monoisotopic (exact) mass is 367 g/mol. The van der Waals surface area contributed by atoms with Gasteiger partial charge in [0.05, 0.1) is 10.0 Å². The first-order valence-corrected chi connectivity index (χ1v) is 8.36. The molecule has 0 heterocycles. The molecule has 1 amide bonds. The smallest absolute Gasteiger partial charge is 0.410 e. The van der Waals surface area contributed by atoms with Crippen LogP contribution in [0.4, 0.5) is 4.79 Å². The van der Waals surface area contributed by atoms with E-state index in [0.29, 0.717) is 29.6 Å².